The van der Waals surface area contributed by atoms with Crippen molar-refractivity contribution in [1.29, 1.82) is 0 Å². The van der Waals surface area contributed by atoms with E-state index in [9.17, 15) is 14.0 Å². The molecule has 0 bridgehead atoms. The van der Waals surface area contributed by atoms with E-state index in [2.05, 4.69) is 36.5 Å². The van der Waals surface area contributed by atoms with Crippen molar-refractivity contribution >= 4 is 17.5 Å². The fourth-order valence-corrected chi connectivity index (χ4v) is 3.89. The molecule has 0 spiro atoms. The van der Waals surface area contributed by atoms with Crippen LogP contribution in [0.15, 0.2) is 48.5 Å². The number of anilines is 1. The summed E-state index contributed by atoms with van der Waals surface area (Å²) in [6, 6.07) is 14.3. The number of halogens is 1. The van der Waals surface area contributed by atoms with E-state index in [4.69, 9.17) is 0 Å². The number of carbonyl (C=O) groups excluding carboxylic acids is 2. The molecule has 3 rings (SSSR count). The minimum atomic E-state index is -0.328. The van der Waals surface area contributed by atoms with Gasteiger partial charge in [0.05, 0.1) is 33.2 Å². The standard InChI is InChI=1S/C24H31FN4O2/c1-3-19-4-6-20(7-5-19)16-27(2)18-24(31)29-14-12-28(13-15-29)17-23(30)26-22-10-8-21(25)9-11-22/h4-11H,3,12-18H2,1-2H3,(H,26,30)/p+2. The van der Waals surface area contributed by atoms with Gasteiger partial charge in [0.15, 0.2) is 13.1 Å². The van der Waals surface area contributed by atoms with Gasteiger partial charge in [-0.15, -0.1) is 0 Å². The lowest BCUT2D eigenvalue weighted by atomic mass is 10.1. The van der Waals surface area contributed by atoms with Gasteiger partial charge in [0.2, 0.25) is 0 Å². The number of amides is 2. The monoisotopic (exact) mass is 428 g/mol. The van der Waals surface area contributed by atoms with Gasteiger partial charge in [-0.1, -0.05) is 31.2 Å². The molecule has 0 radical (unpaired) electrons. The smallest absolute Gasteiger partial charge is 0.279 e. The molecule has 1 aliphatic rings. The Morgan fingerprint density at radius 2 is 1.65 bits per heavy atom. The third kappa shape index (κ3) is 7.15. The van der Waals surface area contributed by atoms with E-state index in [0.29, 0.717) is 31.9 Å². The van der Waals surface area contributed by atoms with Crippen molar-refractivity contribution in [1.82, 2.24) is 4.90 Å². The van der Waals surface area contributed by atoms with Crippen molar-refractivity contribution in [2.24, 2.45) is 0 Å². The fraction of sp³-hybridized carbons (Fsp3) is 0.417. The first-order valence-corrected chi connectivity index (χ1v) is 11.0. The first-order chi connectivity index (χ1) is 14.9. The normalized spacial score (nSPS) is 15.5. The number of likely N-dealkylation sites (N-methyl/N-ethyl adjacent to an activating group) is 1. The number of carbonyl (C=O) groups is 2. The predicted octanol–water partition coefficient (Wildman–Crippen LogP) is -0.231. The number of aryl methyl sites for hydroxylation is 1. The number of nitrogens with zero attached hydrogens (tertiary/aromatic N) is 1. The Hall–Kier alpha value is -2.77. The molecule has 1 unspecified atom stereocenters. The van der Waals surface area contributed by atoms with Gasteiger partial charge >= 0.3 is 0 Å². The van der Waals surface area contributed by atoms with Gasteiger partial charge in [0.1, 0.15) is 12.4 Å². The topological polar surface area (TPSA) is 58.3 Å². The second-order valence-electron chi connectivity index (χ2n) is 8.34. The van der Waals surface area contributed by atoms with Crippen LogP contribution in [0.25, 0.3) is 0 Å². The first-order valence-electron chi connectivity index (χ1n) is 11.0. The van der Waals surface area contributed by atoms with Crippen LogP contribution in [0.3, 0.4) is 0 Å². The Morgan fingerprint density at radius 3 is 2.26 bits per heavy atom. The molecule has 0 aliphatic carbocycles. The largest absolute Gasteiger partial charge is 0.327 e. The van der Waals surface area contributed by atoms with Crippen LogP contribution >= 0.6 is 0 Å². The van der Waals surface area contributed by atoms with Crippen molar-refractivity contribution < 1.29 is 23.8 Å². The highest BCUT2D eigenvalue weighted by atomic mass is 19.1. The highest BCUT2D eigenvalue weighted by Crippen LogP contribution is 2.07. The summed E-state index contributed by atoms with van der Waals surface area (Å²) in [5.41, 5.74) is 3.16. The van der Waals surface area contributed by atoms with Crippen LogP contribution in [0.5, 0.6) is 0 Å². The molecule has 31 heavy (non-hydrogen) atoms. The average Bonchev–Trinajstić information content (AvgIpc) is 2.76. The van der Waals surface area contributed by atoms with E-state index in [1.807, 2.05) is 11.9 Å². The quantitative estimate of drug-likeness (QED) is 0.544. The van der Waals surface area contributed by atoms with E-state index >= 15 is 0 Å². The molecule has 1 atom stereocenters. The van der Waals surface area contributed by atoms with E-state index < -0.39 is 0 Å². The molecule has 2 aromatic carbocycles. The Labute approximate surface area is 183 Å². The summed E-state index contributed by atoms with van der Waals surface area (Å²) in [4.78, 5) is 29.1. The number of rotatable bonds is 8. The summed E-state index contributed by atoms with van der Waals surface area (Å²) in [7, 11) is 2.05. The minimum absolute atomic E-state index is 0.0975. The summed E-state index contributed by atoms with van der Waals surface area (Å²) in [6.07, 6.45) is 1.03. The minimum Gasteiger partial charge on any atom is -0.327 e. The Bertz CT molecular complexity index is 862. The Kier molecular flexibility index (Phi) is 8.14. The summed E-state index contributed by atoms with van der Waals surface area (Å²) in [6.45, 7) is 6.61. The highest BCUT2D eigenvalue weighted by Gasteiger charge is 2.26. The molecule has 0 aromatic heterocycles. The van der Waals surface area contributed by atoms with Crippen LogP contribution in [0, 0.1) is 5.82 Å². The van der Waals surface area contributed by atoms with Crippen molar-refractivity contribution in [2.45, 2.75) is 19.9 Å². The molecule has 3 N–H and O–H groups in total. The second-order valence-corrected chi connectivity index (χ2v) is 8.34. The Morgan fingerprint density at radius 1 is 1.03 bits per heavy atom. The molecule has 1 fully saturated rings. The molecular weight excluding hydrogens is 395 g/mol. The number of hydrogen-bond donors (Lipinski definition) is 3. The molecule has 7 heteroatoms. The lowest BCUT2D eigenvalue weighted by molar-refractivity contribution is -0.896. The van der Waals surface area contributed by atoms with E-state index in [0.717, 1.165) is 31.0 Å². The van der Waals surface area contributed by atoms with Crippen molar-refractivity contribution in [3.63, 3.8) is 0 Å². The number of piperazine rings is 1. The van der Waals surface area contributed by atoms with Gasteiger partial charge in [0, 0.05) is 11.3 Å². The van der Waals surface area contributed by atoms with Gasteiger partial charge < -0.3 is 20.0 Å². The van der Waals surface area contributed by atoms with Crippen molar-refractivity contribution in [2.75, 3.05) is 51.6 Å². The predicted molar refractivity (Wildman–Crippen MR) is 118 cm³/mol. The van der Waals surface area contributed by atoms with Gasteiger partial charge in [-0.3, -0.25) is 9.59 Å². The third-order valence-corrected chi connectivity index (χ3v) is 5.75. The molecule has 1 saturated heterocycles. The summed E-state index contributed by atoms with van der Waals surface area (Å²) in [5.74, 6) is -0.261. The fourth-order valence-electron chi connectivity index (χ4n) is 3.89. The summed E-state index contributed by atoms with van der Waals surface area (Å²) >= 11 is 0. The zero-order valence-corrected chi connectivity index (χ0v) is 18.4. The maximum atomic E-state index is 13.0. The average molecular weight is 429 g/mol. The summed E-state index contributed by atoms with van der Waals surface area (Å²) in [5, 5.41) is 2.80. The number of benzene rings is 2. The van der Waals surface area contributed by atoms with Gasteiger partial charge in [-0.05, 0) is 36.2 Å². The van der Waals surface area contributed by atoms with Gasteiger partial charge in [-0.25, -0.2) is 4.39 Å². The maximum Gasteiger partial charge on any atom is 0.279 e. The highest BCUT2D eigenvalue weighted by molar-refractivity contribution is 5.91. The summed E-state index contributed by atoms with van der Waals surface area (Å²) < 4.78 is 13.0. The SMILES string of the molecule is CCc1ccc(C[NH+](C)CC(=O)N2CC[NH+](CC(=O)Nc3ccc(F)cc3)CC2)cc1. The van der Waals surface area contributed by atoms with Gasteiger partial charge in [-0.2, -0.15) is 0 Å². The lowest BCUT2D eigenvalue weighted by Gasteiger charge is -2.32. The van der Waals surface area contributed by atoms with Crippen LogP contribution in [-0.4, -0.2) is 63.0 Å². The van der Waals surface area contributed by atoms with Crippen LogP contribution in [0.1, 0.15) is 18.1 Å². The number of hydrogen-bond acceptors (Lipinski definition) is 2. The molecule has 166 valence electrons. The molecule has 2 aromatic rings. The van der Waals surface area contributed by atoms with Crippen molar-refractivity contribution in [3.8, 4) is 0 Å². The maximum absolute atomic E-state index is 13.0. The van der Waals surface area contributed by atoms with E-state index in [-0.39, 0.29) is 17.6 Å². The van der Waals surface area contributed by atoms with Crippen LogP contribution < -0.4 is 15.1 Å². The molecular formula is C24H33FN4O2+2. The third-order valence-electron chi connectivity index (χ3n) is 5.75. The first kappa shape index (κ1) is 22.9. The van der Waals surface area contributed by atoms with Crippen molar-refractivity contribution in [3.05, 3.63) is 65.5 Å². The molecule has 2 amide bonds. The zero-order chi connectivity index (χ0) is 22.2. The van der Waals surface area contributed by atoms with Crippen LogP contribution in [0.2, 0.25) is 0 Å². The Balaban J connectivity index is 1.38. The molecule has 1 heterocycles. The zero-order valence-electron chi connectivity index (χ0n) is 18.4. The number of quaternary nitrogens is 2. The van der Waals surface area contributed by atoms with E-state index in [1.54, 1.807) is 12.1 Å². The lowest BCUT2D eigenvalue weighted by Crippen LogP contribution is -3.16. The van der Waals surface area contributed by atoms with E-state index in [1.165, 1.54) is 28.2 Å². The molecule has 6 nitrogen and oxygen atoms in total. The molecule has 1 aliphatic heterocycles. The molecule has 0 saturated carbocycles. The van der Waals surface area contributed by atoms with Crippen LogP contribution in [-0.2, 0) is 22.6 Å². The van der Waals surface area contributed by atoms with Crippen LogP contribution in [0.4, 0.5) is 10.1 Å². The number of nitrogens with one attached hydrogen (secondary N) is 3. The van der Waals surface area contributed by atoms with Gasteiger partial charge in [0.25, 0.3) is 11.8 Å². The second kappa shape index (κ2) is 11.0.